The molecule has 0 amide bonds. The van der Waals surface area contributed by atoms with Crippen LogP contribution in [0.4, 0.5) is 10.2 Å². The zero-order chi connectivity index (χ0) is 13.9. The summed E-state index contributed by atoms with van der Waals surface area (Å²) in [6.45, 7) is 1.24. The number of aromatic nitrogens is 3. The minimum Gasteiger partial charge on any atom is -0.487 e. The van der Waals surface area contributed by atoms with Gasteiger partial charge in [-0.15, -0.1) is 0 Å². The summed E-state index contributed by atoms with van der Waals surface area (Å²) in [5.41, 5.74) is 0. The first kappa shape index (κ1) is 13.1. The molecule has 7 heteroatoms. The van der Waals surface area contributed by atoms with Gasteiger partial charge in [-0.2, -0.15) is 0 Å². The summed E-state index contributed by atoms with van der Waals surface area (Å²) in [6.07, 6.45) is 6.39. The zero-order valence-electron chi connectivity index (χ0n) is 10.5. The summed E-state index contributed by atoms with van der Waals surface area (Å²) < 4.78 is 19.4. The third kappa shape index (κ3) is 2.65. The summed E-state index contributed by atoms with van der Waals surface area (Å²) >= 11 is 6.00. The molecule has 0 radical (unpaired) electrons. The van der Waals surface area contributed by atoms with Crippen LogP contribution >= 0.6 is 11.6 Å². The van der Waals surface area contributed by atoms with Crippen molar-refractivity contribution in [1.29, 1.82) is 0 Å². The molecule has 5 nitrogen and oxygen atoms in total. The fourth-order valence-electron chi connectivity index (χ4n) is 2.19. The fraction of sp³-hybridized carbons (Fsp3) is 0.308. The van der Waals surface area contributed by atoms with Crippen LogP contribution in [0.5, 0.6) is 5.75 Å². The molecule has 1 aliphatic rings. The third-order valence-corrected chi connectivity index (χ3v) is 3.41. The maximum absolute atomic E-state index is 13.6. The highest BCUT2D eigenvalue weighted by molar-refractivity contribution is 6.31. The van der Waals surface area contributed by atoms with Crippen LogP contribution in [0.2, 0.25) is 5.02 Å². The fourth-order valence-corrected chi connectivity index (χ4v) is 2.36. The van der Waals surface area contributed by atoms with Crippen LogP contribution in [-0.4, -0.2) is 34.1 Å². The zero-order valence-corrected chi connectivity index (χ0v) is 11.3. The third-order valence-electron chi connectivity index (χ3n) is 3.12. The van der Waals surface area contributed by atoms with Crippen molar-refractivity contribution in [1.82, 2.24) is 15.0 Å². The summed E-state index contributed by atoms with van der Waals surface area (Å²) in [5.74, 6) is 0.485. The van der Waals surface area contributed by atoms with Crippen molar-refractivity contribution in [3.05, 3.63) is 41.8 Å². The smallest absolute Gasteiger partial charge is 0.183 e. The molecule has 0 bridgehead atoms. The van der Waals surface area contributed by atoms with Crippen molar-refractivity contribution in [3.8, 4) is 5.75 Å². The number of ether oxygens (including phenoxy) is 1. The molecule has 20 heavy (non-hydrogen) atoms. The van der Waals surface area contributed by atoms with E-state index in [0.29, 0.717) is 29.7 Å². The van der Waals surface area contributed by atoms with Crippen LogP contribution in [0.15, 0.2) is 31.0 Å². The van der Waals surface area contributed by atoms with E-state index in [0.717, 1.165) is 12.6 Å². The van der Waals surface area contributed by atoms with Gasteiger partial charge in [0.05, 0.1) is 12.7 Å². The molecular weight excluding hydrogens is 283 g/mol. The first-order valence-corrected chi connectivity index (χ1v) is 6.58. The van der Waals surface area contributed by atoms with E-state index in [-0.39, 0.29) is 6.10 Å². The van der Waals surface area contributed by atoms with E-state index in [9.17, 15) is 4.39 Å². The second-order valence-corrected chi connectivity index (χ2v) is 4.88. The van der Waals surface area contributed by atoms with E-state index >= 15 is 0 Å². The van der Waals surface area contributed by atoms with E-state index in [4.69, 9.17) is 16.3 Å². The van der Waals surface area contributed by atoms with Crippen LogP contribution in [0.1, 0.15) is 6.42 Å². The average Bonchev–Trinajstić information content (AvgIpc) is 2.90. The normalized spacial score (nSPS) is 18.3. The first-order chi connectivity index (χ1) is 9.74. The molecule has 1 unspecified atom stereocenters. The van der Waals surface area contributed by atoms with Crippen LogP contribution in [0, 0.1) is 5.82 Å². The van der Waals surface area contributed by atoms with Gasteiger partial charge in [0.1, 0.15) is 23.2 Å². The molecule has 2 aromatic rings. The van der Waals surface area contributed by atoms with Gasteiger partial charge in [-0.25, -0.2) is 14.4 Å². The van der Waals surface area contributed by atoms with Crippen molar-refractivity contribution in [3.63, 3.8) is 0 Å². The predicted molar refractivity (Wildman–Crippen MR) is 72.5 cm³/mol. The maximum Gasteiger partial charge on any atom is 0.183 e. The number of anilines is 1. The molecule has 3 heterocycles. The van der Waals surface area contributed by atoms with E-state index in [2.05, 4.69) is 15.0 Å². The van der Waals surface area contributed by atoms with Crippen LogP contribution < -0.4 is 9.64 Å². The summed E-state index contributed by atoms with van der Waals surface area (Å²) in [6, 6.07) is 1.72. The number of hydrogen-bond donors (Lipinski definition) is 0. The van der Waals surface area contributed by atoms with Crippen molar-refractivity contribution in [2.45, 2.75) is 12.5 Å². The summed E-state index contributed by atoms with van der Waals surface area (Å²) in [7, 11) is 0. The van der Waals surface area contributed by atoms with E-state index in [1.54, 1.807) is 12.3 Å². The molecule has 1 saturated heterocycles. The van der Waals surface area contributed by atoms with Gasteiger partial charge in [0.25, 0.3) is 0 Å². The van der Waals surface area contributed by atoms with Crippen LogP contribution in [0.3, 0.4) is 0 Å². The molecule has 0 saturated carbocycles. The molecule has 1 aliphatic heterocycles. The molecule has 0 aromatic carbocycles. The largest absolute Gasteiger partial charge is 0.487 e. The van der Waals surface area contributed by atoms with Crippen molar-refractivity contribution in [2.24, 2.45) is 0 Å². The Kier molecular flexibility index (Phi) is 3.64. The maximum atomic E-state index is 13.6. The molecule has 0 aliphatic carbocycles. The number of pyridine rings is 1. The Balaban J connectivity index is 1.69. The van der Waals surface area contributed by atoms with E-state index in [1.807, 2.05) is 4.90 Å². The van der Waals surface area contributed by atoms with E-state index in [1.165, 1.54) is 12.5 Å². The topological polar surface area (TPSA) is 51.1 Å². The van der Waals surface area contributed by atoms with Gasteiger partial charge in [-0.3, -0.25) is 4.98 Å². The van der Waals surface area contributed by atoms with Gasteiger partial charge in [-0.05, 0) is 0 Å². The Labute approximate surface area is 120 Å². The number of halogens is 2. The highest BCUT2D eigenvalue weighted by atomic mass is 35.5. The van der Waals surface area contributed by atoms with Gasteiger partial charge in [0, 0.05) is 31.4 Å². The molecule has 0 N–H and O–H groups in total. The van der Waals surface area contributed by atoms with Crippen molar-refractivity contribution >= 4 is 17.4 Å². The Bertz CT molecular complexity index is 612. The van der Waals surface area contributed by atoms with Crippen molar-refractivity contribution in [2.75, 3.05) is 18.0 Å². The SMILES string of the molecule is Fc1cncnc1N1CCC(Oc2ccncc2Cl)C1. The number of nitrogens with zero attached hydrogens (tertiary/aromatic N) is 4. The summed E-state index contributed by atoms with van der Waals surface area (Å²) in [5, 5.41) is 0.471. The first-order valence-electron chi connectivity index (χ1n) is 6.20. The molecular formula is C13H12ClFN4O. The molecule has 1 atom stereocenters. The monoisotopic (exact) mass is 294 g/mol. The lowest BCUT2D eigenvalue weighted by atomic mass is 10.3. The minimum absolute atomic E-state index is 0.0516. The van der Waals surface area contributed by atoms with Gasteiger partial charge in [-0.1, -0.05) is 11.6 Å². The Hall–Kier alpha value is -1.95. The van der Waals surface area contributed by atoms with Crippen LogP contribution in [-0.2, 0) is 0 Å². The Morgan fingerprint density at radius 3 is 3.05 bits per heavy atom. The molecule has 104 valence electrons. The van der Waals surface area contributed by atoms with E-state index < -0.39 is 5.82 Å². The van der Waals surface area contributed by atoms with Crippen molar-refractivity contribution < 1.29 is 9.13 Å². The lowest BCUT2D eigenvalue weighted by Crippen LogP contribution is -2.26. The van der Waals surface area contributed by atoms with Crippen LogP contribution in [0.25, 0.3) is 0 Å². The standard InChI is InChI=1S/C13H12ClFN4O/c14-10-5-16-3-1-12(10)20-9-2-4-19(7-9)13-11(15)6-17-8-18-13/h1,3,5-6,8-9H,2,4,7H2. The highest BCUT2D eigenvalue weighted by Crippen LogP contribution is 2.27. The van der Waals surface area contributed by atoms with Gasteiger partial charge in [0.15, 0.2) is 11.6 Å². The Morgan fingerprint density at radius 1 is 1.35 bits per heavy atom. The second kappa shape index (κ2) is 5.58. The van der Waals surface area contributed by atoms with Gasteiger partial charge < -0.3 is 9.64 Å². The number of rotatable bonds is 3. The summed E-state index contributed by atoms with van der Waals surface area (Å²) in [4.78, 5) is 13.4. The average molecular weight is 295 g/mol. The Morgan fingerprint density at radius 2 is 2.25 bits per heavy atom. The quantitative estimate of drug-likeness (QED) is 0.869. The molecule has 3 rings (SSSR count). The number of hydrogen-bond acceptors (Lipinski definition) is 5. The predicted octanol–water partition coefficient (Wildman–Crippen LogP) is 2.32. The second-order valence-electron chi connectivity index (χ2n) is 4.47. The minimum atomic E-state index is -0.421. The molecule has 0 spiro atoms. The van der Waals surface area contributed by atoms with Gasteiger partial charge >= 0.3 is 0 Å². The lowest BCUT2D eigenvalue weighted by Gasteiger charge is -2.18. The molecule has 2 aromatic heterocycles. The highest BCUT2D eigenvalue weighted by Gasteiger charge is 2.27. The molecule has 1 fully saturated rings. The lowest BCUT2D eigenvalue weighted by molar-refractivity contribution is 0.225. The van der Waals surface area contributed by atoms with Gasteiger partial charge in [0.2, 0.25) is 0 Å².